The quantitative estimate of drug-likeness (QED) is 0.865. The van der Waals surface area contributed by atoms with Crippen LogP contribution < -0.4 is 9.47 Å². The maximum atomic E-state index is 10.7. The molecule has 0 radical (unpaired) electrons. The monoisotopic (exact) mass is 327 g/mol. The summed E-state index contributed by atoms with van der Waals surface area (Å²) in [5, 5.41) is 10.7. The number of nitrogens with zero attached hydrogens (tertiary/aromatic N) is 1. The summed E-state index contributed by atoms with van der Waals surface area (Å²) in [6, 6.07) is 4.78. The topological polar surface area (TPSA) is 41.9 Å². The van der Waals surface area contributed by atoms with Crippen LogP contribution in [0.5, 0.6) is 11.5 Å². The molecule has 5 rings (SSSR count). The van der Waals surface area contributed by atoms with Crippen LogP contribution in [-0.2, 0) is 11.8 Å². The van der Waals surface area contributed by atoms with Crippen LogP contribution in [0, 0.1) is 5.92 Å². The lowest BCUT2D eigenvalue weighted by Gasteiger charge is -2.59. The average molecular weight is 327 g/mol. The summed E-state index contributed by atoms with van der Waals surface area (Å²) < 4.78 is 12.0. The van der Waals surface area contributed by atoms with E-state index in [1.807, 2.05) is 12.1 Å². The number of ether oxygens (including phenoxy) is 2. The number of benzene rings is 1. The zero-order chi connectivity index (χ0) is 16.5. The fourth-order valence-corrected chi connectivity index (χ4v) is 6.14. The van der Waals surface area contributed by atoms with E-state index in [2.05, 4.69) is 17.5 Å². The predicted octanol–water partition coefficient (Wildman–Crippen LogP) is 2.28. The van der Waals surface area contributed by atoms with Crippen LogP contribution >= 0.6 is 0 Å². The number of likely N-dealkylation sites (tertiary alicyclic amines) is 1. The molecule has 1 saturated carbocycles. The van der Waals surface area contributed by atoms with Gasteiger partial charge >= 0.3 is 0 Å². The first-order valence-corrected chi connectivity index (χ1v) is 9.10. The SMILES string of the molecule is C=CCN1CCC23c4c5ccc(OC)c4O[C@@H]2C(O)CC[C@@H]3[C@@H]1C5. The second kappa shape index (κ2) is 4.99. The predicted molar refractivity (Wildman–Crippen MR) is 91.7 cm³/mol. The summed E-state index contributed by atoms with van der Waals surface area (Å²) in [5.74, 6) is 2.28. The smallest absolute Gasteiger partial charge is 0.165 e. The third kappa shape index (κ3) is 1.61. The molecule has 1 aromatic rings. The van der Waals surface area contributed by atoms with Gasteiger partial charge in [-0.1, -0.05) is 12.1 Å². The van der Waals surface area contributed by atoms with Gasteiger partial charge in [-0.05, 0) is 49.8 Å². The third-order valence-corrected chi connectivity index (χ3v) is 6.97. The number of aliphatic hydroxyl groups excluding tert-OH is 1. The molecule has 4 nitrogen and oxygen atoms in total. The van der Waals surface area contributed by atoms with Gasteiger partial charge in [0.2, 0.25) is 0 Å². The average Bonchev–Trinajstić information content (AvgIpc) is 2.94. The first-order chi connectivity index (χ1) is 11.7. The second-order valence-electron chi connectivity index (χ2n) is 7.77. The minimum atomic E-state index is -0.379. The lowest BCUT2D eigenvalue weighted by atomic mass is 9.51. The Morgan fingerprint density at radius 2 is 2.33 bits per heavy atom. The fraction of sp³-hybridized carbons (Fsp3) is 0.600. The van der Waals surface area contributed by atoms with E-state index in [1.54, 1.807) is 7.11 Å². The van der Waals surface area contributed by atoms with Crippen molar-refractivity contribution < 1.29 is 14.6 Å². The summed E-state index contributed by atoms with van der Waals surface area (Å²) in [6.45, 7) is 5.94. The standard InChI is InChI=1S/C20H25NO3/c1-3-9-21-10-8-20-13-5-6-15(22)19(20)24-18-16(23-2)7-4-12(17(18)20)11-14(13)21/h3-4,7,13-15,19,22H,1,5-6,8-11H2,2H3/t13-,14+,15?,19-,20?/m1/s1. The van der Waals surface area contributed by atoms with Crippen LogP contribution in [0.4, 0.5) is 0 Å². The molecule has 1 N–H and O–H groups in total. The van der Waals surface area contributed by atoms with Crippen LogP contribution in [0.2, 0.25) is 0 Å². The van der Waals surface area contributed by atoms with Crippen molar-refractivity contribution >= 4 is 0 Å². The van der Waals surface area contributed by atoms with Gasteiger partial charge in [-0.2, -0.15) is 0 Å². The second-order valence-corrected chi connectivity index (χ2v) is 7.77. The molecule has 2 aliphatic carbocycles. The first-order valence-electron chi connectivity index (χ1n) is 9.10. The fourth-order valence-electron chi connectivity index (χ4n) is 6.14. The van der Waals surface area contributed by atoms with E-state index in [0.717, 1.165) is 50.3 Å². The number of hydrogen-bond donors (Lipinski definition) is 1. The Kier molecular flexibility index (Phi) is 3.08. The minimum absolute atomic E-state index is 0.0303. The van der Waals surface area contributed by atoms with Crippen molar-refractivity contribution in [2.45, 2.75) is 49.3 Å². The maximum Gasteiger partial charge on any atom is 0.165 e. The van der Waals surface area contributed by atoms with Gasteiger partial charge in [-0.15, -0.1) is 6.58 Å². The highest BCUT2D eigenvalue weighted by Gasteiger charge is 2.65. The molecule has 5 atom stereocenters. The highest BCUT2D eigenvalue weighted by Crippen LogP contribution is 2.63. The molecule has 4 aliphatic rings. The van der Waals surface area contributed by atoms with Gasteiger partial charge in [-0.3, -0.25) is 4.90 Å². The van der Waals surface area contributed by atoms with Gasteiger partial charge < -0.3 is 14.6 Å². The summed E-state index contributed by atoms with van der Waals surface area (Å²) in [4.78, 5) is 2.59. The zero-order valence-corrected chi connectivity index (χ0v) is 14.2. The minimum Gasteiger partial charge on any atom is -0.493 e. The van der Waals surface area contributed by atoms with E-state index >= 15 is 0 Å². The molecular formula is C20H25NO3. The number of aliphatic hydroxyl groups is 1. The summed E-state index contributed by atoms with van der Waals surface area (Å²) in [5.41, 5.74) is 2.71. The van der Waals surface area contributed by atoms with Crippen molar-refractivity contribution in [2.24, 2.45) is 5.92 Å². The van der Waals surface area contributed by atoms with Crippen LogP contribution in [-0.4, -0.2) is 48.5 Å². The molecule has 24 heavy (non-hydrogen) atoms. The molecule has 0 amide bonds. The Morgan fingerprint density at radius 3 is 3.12 bits per heavy atom. The highest BCUT2D eigenvalue weighted by molar-refractivity contribution is 5.61. The number of hydrogen-bond acceptors (Lipinski definition) is 4. The van der Waals surface area contributed by atoms with Crippen LogP contribution in [0.3, 0.4) is 0 Å². The van der Waals surface area contributed by atoms with Gasteiger partial charge in [0.25, 0.3) is 0 Å². The highest BCUT2D eigenvalue weighted by atomic mass is 16.5. The maximum absolute atomic E-state index is 10.7. The van der Waals surface area contributed by atoms with E-state index in [-0.39, 0.29) is 17.6 Å². The lowest BCUT2D eigenvalue weighted by Crippen LogP contribution is -2.66. The molecule has 0 aromatic heterocycles. The van der Waals surface area contributed by atoms with Crippen LogP contribution in [0.15, 0.2) is 24.8 Å². The van der Waals surface area contributed by atoms with Gasteiger partial charge in [0.15, 0.2) is 11.5 Å². The van der Waals surface area contributed by atoms with Crippen LogP contribution in [0.1, 0.15) is 30.4 Å². The molecule has 1 saturated heterocycles. The Morgan fingerprint density at radius 1 is 1.46 bits per heavy atom. The molecule has 4 heteroatoms. The van der Waals surface area contributed by atoms with E-state index in [4.69, 9.17) is 9.47 Å². The van der Waals surface area contributed by atoms with Gasteiger partial charge in [-0.25, -0.2) is 0 Å². The zero-order valence-electron chi connectivity index (χ0n) is 14.2. The normalized spacial score (nSPS) is 39.1. The van der Waals surface area contributed by atoms with Crippen molar-refractivity contribution in [2.75, 3.05) is 20.2 Å². The molecule has 1 spiro atoms. The molecule has 2 heterocycles. The Hall–Kier alpha value is -1.52. The van der Waals surface area contributed by atoms with Crippen molar-refractivity contribution in [1.82, 2.24) is 4.90 Å². The number of rotatable bonds is 3. The molecule has 2 aliphatic heterocycles. The molecule has 1 aromatic carbocycles. The summed E-state index contributed by atoms with van der Waals surface area (Å²) in [7, 11) is 1.70. The molecule has 2 unspecified atom stereocenters. The van der Waals surface area contributed by atoms with Gasteiger partial charge in [0.1, 0.15) is 6.10 Å². The van der Waals surface area contributed by atoms with E-state index in [0.29, 0.717) is 12.0 Å². The molecular weight excluding hydrogens is 302 g/mol. The molecule has 2 fully saturated rings. The Bertz CT molecular complexity index is 702. The van der Waals surface area contributed by atoms with Crippen molar-refractivity contribution in [3.05, 3.63) is 35.9 Å². The van der Waals surface area contributed by atoms with Crippen molar-refractivity contribution in [1.29, 1.82) is 0 Å². The third-order valence-electron chi connectivity index (χ3n) is 6.97. The largest absolute Gasteiger partial charge is 0.493 e. The van der Waals surface area contributed by atoms with E-state index < -0.39 is 0 Å². The van der Waals surface area contributed by atoms with Crippen molar-refractivity contribution in [3.63, 3.8) is 0 Å². The molecule has 2 bridgehead atoms. The summed E-state index contributed by atoms with van der Waals surface area (Å²) in [6.07, 6.45) is 5.56. The van der Waals surface area contributed by atoms with Crippen molar-refractivity contribution in [3.8, 4) is 11.5 Å². The van der Waals surface area contributed by atoms with Crippen LogP contribution in [0.25, 0.3) is 0 Å². The summed E-state index contributed by atoms with van der Waals surface area (Å²) >= 11 is 0. The van der Waals surface area contributed by atoms with Gasteiger partial charge in [0, 0.05) is 23.6 Å². The first kappa shape index (κ1) is 14.8. The van der Waals surface area contributed by atoms with Gasteiger partial charge in [0.05, 0.1) is 13.2 Å². The Labute approximate surface area is 143 Å². The van der Waals surface area contributed by atoms with E-state index in [1.165, 1.54) is 11.1 Å². The van der Waals surface area contributed by atoms with E-state index in [9.17, 15) is 5.11 Å². The lowest BCUT2D eigenvalue weighted by molar-refractivity contribution is -0.102. The number of methoxy groups -OCH3 is 1. The molecule has 128 valence electrons. The number of piperidine rings is 1. The Balaban J connectivity index is 1.72.